The zero-order chi connectivity index (χ0) is 21.5. The van der Waals surface area contributed by atoms with Gasteiger partial charge in [0.15, 0.2) is 5.65 Å². The largest absolute Gasteiger partial charge is 0.367 e. The molecule has 0 spiro atoms. The highest BCUT2D eigenvalue weighted by Gasteiger charge is 2.31. The number of amides is 2. The van der Waals surface area contributed by atoms with Crippen molar-refractivity contribution >= 4 is 40.4 Å². The number of aryl methyl sites for hydroxylation is 1. The fourth-order valence-electron chi connectivity index (χ4n) is 4.60. The van der Waals surface area contributed by atoms with Gasteiger partial charge >= 0.3 is 0 Å². The molecule has 7 nitrogen and oxygen atoms in total. The van der Waals surface area contributed by atoms with Crippen molar-refractivity contribution in [2.45, 2.75) is 25.7 Å². The molecule has 2 aromatic heterocycles. The lowest BCUT2D eigenvalue weighted by molar-refractivity contribution is -0.134. The number of benzene rings is 1. The average molecular weight is 438 g/mol. The van der Waals surface area contributed by atoms with Crippen LogP contribution in [0.25, 0.3) is 5.65 Å². The van der Waals surface area contributed by atoms with Crippen molar-refractivity contribution in [3.63, 3.8) is 0 Å². The summed E-state index contributed by atoms with van der Waals surface area (Å²) < 4.78 is 2.07. The molecule has 1 atom stereocenters. The first-order valence-corrected chi connectivity index (χ1v) is 11.0. The third-order valence-electron chi connectivity index (χ3n) is 6.17. The van der Waals surface area contributed by atoms with Crippen molar-refractivity contribution in [3.8, 4) is 0 Å². The van der Waals surface area contributed by atoms with Crippen molar-refractivity contribution in [1.29, 1.82) is 0 Å². The summed E-state index contributed by atoms with van der Waals surface area (Å²) in [5.74, 6) is -0.858. The predicted molar refractivity (Wildman–Crippen MR) is 121 cm³/mol. The molecule has 1 unspecified atom stereocenters. The molecule has 1 aromatic carbocycles. The summed E-state index contributed by atoms with van der Waals surface area (Å²) in [6, 6.07) is 10.0. The Bertz CT molecular complexity index is 1170. The van der Waals surface area contributed by atoms with E-state index < -0.39 is 0 Å². The molecule has 2 amide bonds. The number of anilines is 2. The first kappa shape index (κ1) is 19.9. The summed E-state index contributed by atoms with van der Waals surface area (Å²) in [7, 11) is 0. The third kappa shape index (κ3) is 3.63. The summed E-state index contributed by atoms with van der Waals surface area (Å²) in [5.41, 5.74) is 4.86. The van der Waals surface area contributed by atoms with E-state index in [1.54, 1.807) is 0 Å². The number of nitrogens with zero attached hydrogens (tertiary/aromatic N) is 4. The number of piperidine rings is 1. The van der Waals surface area contributed by atoms with E-state index in [1.165, 1.54) is 0 Å². The van der Waals surface area contributed by atoms with Gasteiger partial charge in [0.25, 0.3) is 0 Å². The molecule has 3 aromatic rings. The first-order chi connectivity index (χ1) is 15.0. The van der Waals surface area contributed by atoms with Gasteiger partial charge in [0.2, 0.25) is 11.8 Å². The van der Waals surface area contributed by atoms with Gasteiger partial charge < -0.3 is 14.2 Å². The van der Waals surface area contributed by atoms with Gasteiger partial charge in [-0.3, -0.25) is 14.9 Å². The second kappa shape index (κ2) is 7.89. The van der Waals surface area contributed by atoms with Crippen LogP contribution in [-0.2, 0) is 9.59 Å². The summed E-state index contributed by atoms with van der Waals surface area (Å²) >= 11 is 6.78. The molecule has 0 aliphatic carbocycles. The van der Waals surface area contributed by atoms with Crippen molar-refractivity contribution < 1.29 is 9.59 Å². The molecule has 0 saturated carbocycles. The van der Waals surface area contributed by atoms with Gasteiger partial charge in [-0.15, -0.1) is 0 Å². The summed E-state index contributed by atoms with van der Waals surface area (Å²) in [6.07, 6.45) is 4.90. The quantitative estimate of drug-likeness (QED) is 0.637. The molecule has 2 aliphatic heterocycles. The van der Waals surface area contributed by atoms with E-state index in [0.717, 1.165) is 54.5 Å². The Morgan fingerprint density at radius 1 is 1.03 bits per heavy atom. The Morgan fingerprint density at radius 2 is 1.74 bits per heavy atom. The number of rotatable bonds is 3. The van der Waals surface area contributed by atoms with E-state index in [4.69, 9.17) is 11.6 Å². The van der Waals surface area contributed by atoms with E-state index >= 15 is 0 Å². The minimum atomic E-state index is -0.382. The number of imidazole rings is 1. The lowest BCUT2D eigenvalue weighted by Gasteiger charge is -2.38. The third-order valence-corrected chi connectivity index (χ3v) is 6.58. The minimum absolute atomic E-state index is 0.215. The highest BCUT2D eigenvalue weighted by molar-refractivity contribution is 6.34. The van der Waals surface area contributed by atoms with Crippen LogP contribution in [0.2, 0.25) is 5.02 Å². The molecule has 5 rings (SSSR count). The molecule has 1 N–H and O–H groups in total. The van der Waals surface area contributed by atoms with Crippen LogP contribution in [0, 0.1) is 6.92 Å². The second-order valence-electron chi connectivity index (χ2n) is 8.16. The topological polar surface area (TPSA) is 70.0 Å². The number of imide groups is 1. The lowest BCUT2D eigenvalue weighted by Crippen LogP contribution is -2.47. The average Bonchev–Trinajstić information content (AvgIpc) is 3.15. The van der Waals surface area contributed by atoms with Crippen LogP contribution in [0.3, 0.4) is 0 Å². The van der Waals surface area contributed by atoms with E-state index in [1.807, 2.05) is 37.5 Å². The Morgan fingerprint density at radius 3 is 2.48 bits per heavy atom. The Hall–Kier alpha value is -3.06. The smallest absolute Gasteiger partial charge is 0.234 e. The van der Waals surface area contributed by atoms with Gasteiger partial charge in [-0.1, -0.05) is 23.7 Å². The molecule has 2 fully saturated rings. The SMILES string of the molecule is Cc1cn2cccc(N3CCN(c4cccc(C5CCC(=O)NC5=O)c4Cl)CC3)c2n1. The van der Waals surface area contributed by atoms with Crippen LogP contribution < -0.4 is 15.1 Å². The number of fused-ring (bicyclic) bond motifs is 1. The maximum atomic E-state index is 12.3. The number of carbonyl (C=O) groups excluding carboxylic acids is 2. The fourth-order valence-corrected chi connectivity index (χ4v) is 4.97. The Balaban J connectivity index is 1.35. The normalized spacial score (nSPS) is 19.7. The number of piperazine rings is 1. The highest BCUT2D eigenvalue weighted by atomic mass is 35.5. The van der Waals surface area contributed by atoms with E-state index in [0.29, 0.717) is 17.9 Å². The Labute approximate surface area is 185 Å². The number of aromatic nitrogens is 2. The van der Waals surface area contributed by atoms with Crippen LogP contribution in [0.15, 0.2) is 42.7 Å². The molecular formula is C23H24ClN5O2. The van der Waals surface area contributed by atoms with E-state index in [2.05, 4.69) is 36.6 Å². The number of hydrogen-bond donors (Lipinski definition) is 1. The van der Waals surface area contributed by atoms with Gasteiger partial charge in [-0.2, -0.15) is 0 Å². The highest BCUT2D eigenvalue weighted by Crippen LogP contribution is 2.37. The van der Waals surface area contributed by atoms with Crippen LogP contribution in [0.5, 0.6) is 0 Å². The summed E-state index contributed by atoms with van der Waals surface area (Å²) in [6.45, 7) is 5.35. The van der Waals surface area contributed by atoms with Crippen molar-refractivity contribution in [2.75, 3.05) is 36.0 Å². The van der Waals surface area contributed by atoms with Crippen LogP contribution in [0.1, 0.15) is 30.0 Å². The zero-order valence-electron chi connectivity index (χ0n) is 17.3. The summed E-state index contributed by atoms with van der Waals surface area (Å²) in [5, 5.41) is 3.04. The van der Waals surface area contributed by atoms with E-state index in [-0.39, 0.29) is 17.7 Å². The predicted octanol–water partition coefficient (Wildman–Crippen LogP) is 3.14. The lowest BCUT2D eigenvalue weighted by atomic mass is 9.90. The molecule has 2 aliphatic rings. The Kier molecular flexibility index (Phi) is 5.06. The van der Waals surface area contributed by atoms with Crippen LogP contribution in [-0.4, -0.2) is 47.4 Å². The minimum Gasteiger partial charge on any atom is -0.367 e. The first-order valence-electron chi connectivity index (χ1n) is 10.6. The molecule has 2 saturated heterocycles. The van der Waals surface area contributed by atoms with Crippen LogP contribution in [0.4, 0.5) is 11.4 Å². The van der Waals surface area contributed by atoms with Crippen molar-refractivity contribution in [1.82, 2.24) is 14.7 Å². The zero-order valence-corrected chi connectivity index (χ0v) is 18.1. The molecular weight excluding hydrogens is 414 g/mol. The fraction of sp³-hybridized carbons (Fsp3) is 0.348. The molecule has 8 heteroatoms. The van der Waals surface area contributed by atoms with Crippen molar-refractivity contribution in [2.24, 2.45) is 0 Å². The van der Waals surface area contributed by atoms with Crippen LogP contribution >= 0.6 is 11.6 Å². The molecule has 0 radical (unpaired) electrons. The maximum absolute atomic E-state index is 12.3. The van der Waals surface area contributed by atoms with Gasteiger partial charge in [0, 0.05) is 45.0 Å². The van der Waals surface area contributed by atoms with E-state index in [9.17, 15) is 9.59 Å². The summed E-state index contributed by atoms with van der Waals surface area (Å²) in [4.78, 5) is 33.1. The van der Waals surface area contributed by atoms with Gasteiger partial charge in [0.05, 0.1) is 28.0 Å². The second-order valence-corrected chi connectivity index (χ2v) is 8.54. The molecule has 0 bridgehead atoms. The maximum Gasteiger partial charge on any atom is 0.234 e. The van der Waals surface area contributed by atoms with Gasteiger partial charge in [0.1, 0.15) is 0 Å². The monoisotopic (exact) mass is 437 g/mol. The van der Waals surface area contributed by atoms with Crippen molar-refractivity contribution in [3.05, 3.63) is 59.0 Å². The number of halogens is 1. The number of nitrogens with one attached hydrogen (secondary N) is 1. The molecule has 4 heterocycles. The number of hydrogen-bond acceptors (Lipinski definition) is 5. The number of pyridine rings is 1. The molecule has 31 heavy (non-hydrogen) atoms. The number of carbonyl (C=O) groups is 2. The molecule has 160 valence electrons. The van der Waals surface area contributed by atoms with Gasteiger partial charge in [-0.05, 0) is 37.1 Å². The van der Waals surface area contributed by atoms with Gasteiger partial charge in [-0.25, -0.2) is 4.98 Å². The standard InChI is InChI=1S/C23H24ClN5O2/c1-15-14-29-9-3-6-19(22(29)25-15)28-12-10-27(11-13-28)18-5-2-4-16(21(18)24)17-7-8-20(30)26-23(17)31/h2-6,9,14,17H,7-8,10-13H2,1H3,(H,26,30,31).